The summed E-state index contributed by atoms with van der Waals surface area (Å²) in [4.78, 5) is 35.7. The first-order valence-corrected chi connectivity index (χ1v) is 9.52. The molecule has 0 spiro atoms. The van der Waals surface area contributed by atoms with E-state index in [0.717, 1.165) is 16.5 Å². The minimum atomic E-state index is -1.03. The number of nitrogens with zero attached hydrogens (tertiary/aromatic N) is 2. The molecule has 0 aliphatic carbocycles. The third-order valence-corrected chi connectivity index (χ3v) is 5.21. The molecule has 0 radical (unpaired) electrons. The van der Waals surface area contributed by atoms with Crippen molar-refractivity contribution in [2.45, 2.75) is 13.0 Å². The zero-order valence-electron chi connectivity index (χ0n) is 16.8. The van der Waals surface area contributed by atoms with E-state index in [1.165, 1.54) is 19.2 Å². The number of para-hydroxylation sites is 1. The van der Waals surface area contributed by atoms with E-state index in [0.29, 0.717) is 16.8 Å². The molecule has 156 valence electrons. The number of fused-ring (bicyclic) bond motifs is 1. The van der Waals surface area contributed by atoms with Gasteiger partial charge in [0.25, 0.3) is 5.91 Å². The third-order valence-electron chi connectivity index (χ3n) is 5.21. The van der Waals surface area contributed by atoms with Gasteiger partial charge in [0.1, 0.15) is 11.8 Å². The number of hydrogen-bond acceptors (Lipinski definition) is 5. The minimum Gasteiger partial charge on any atom is -0.478 e. The van der Waals surface area contributed by atoms with Crippen LogP contribution in [0.15, 0.2) is 65.4 Å². The summed E-state index contributed by atoms with van der Waals surface area (Å²) in [6, 6.07) is 13.2. The number of carbonyl (C=O) groups is 3. The van der Waals surface area contributed by atoms with Gasteiger partial charge in [-0.15, -0.1) is 0 Å². The van der Waals surface area contributed by atoms with Crippen LogP contribution in [0.2, 0.25) is 0 Å². The van der Waals surface area contributed by atoms with Crippen LogP contribution in [0.25, 0.3) is 17.0 Å². The van der Waals surface area contributed by atoms with Crippen molar-refractivity contribution in [2.24, 2.45) is 5.10 Å². The number of carboxylic acids is 1. The largest absolute Gasteiger partial charge is 0.478 e. The molecule has 0 saturated heterocycles. The van der Waals surface area contributed by atoms with Crippen molar-refractivity contribution in [3.8, 4) is 0 Å². The molecule has 1 amide bonds. The summed E-state index contributed by atoms with van der Waals surface area (Å²) < 4.78 is 6.68. The summed E-state index contributed by atoms with van der Waals surface area (Å²) in [5.41, 5.74) is 5.56. The fourth-order valence-electron chi connectivity index (χ4n) is 3.57. The quantitative estimate of drug-likeness (QED) is 0.490. The number of esters is 1. The molecule has 4 rings (SSSR count). The third kappa shape index (κ3) is 3.59. The van der Waals surface area contributed by atoms with Gasteiger partial charge in [0, 0.05) is 28.2 Å². The number of carboxylic acid groups (broad SMARTS) is 1. The lowest BCUT2D eigenvalue weighted by atomic mass is 9.99. The predicted octanol–water partition coefficient (Wildman–Crippen LogP) is 2.99. The van der Waals surface area contributed by atoms with Gasteiger partial charge in [-0.3, -0.25) is 4.79 Å². The number of aromatic nitrogens is 1. The Bertz CT molecular complexity index is 1270. The number of hydrazone groups is 1. The highest BCUT2D eigenvalue weighted by atomic mass is 16.5. The van der Waals surface area contributed by atoms with Crippen LogP contribution in [-0.2, 0) is 14.3 Å². The lowest BCUT2D eigenvalue weighted by Gasteiger charge is -2.12. The molecule has 1 unspecified atom stereocenters. The standard InChI is InChI=1S/C23H19N3O5/c1-13(23(30)31-2)26-12-16(17-5-3-4-6-19(17)26)11-18-20(24-25-21(18)27)14-7-9-15(10-8-14)22(28)29/h3-13H,1-2H3,(H,25,27)(H,28,29)/b18-11-. The van der Waals surface area contributed by atoms with Crippen molar-refractivity contribution in [1.82, 2.24) is 9.99 Å². The molecule has 2 heterocycles. The lowest BCUT2D eigenvalue weighted by Crippen LogP contribution is -2.16. The number of rotatable bonds is 5. The topological polar surface area (TPSA) is 110 Å². The van der Waals surface area contributed by atoms with E-state index in [2.05, 4.69) is 10.5 Å². The molecule has 0 fully saturated rings. The van der Waals surface area contributed by atoms with E-state index in [1.807, 2.05) is 24.3 Å². The van der Waals surface area contributed by atoms with Gasteiger partial charge < -0.3 is 14.4 Å². The molecule has 0 saturated carbocycles. The maximum absolute atomic E-state index is 12.5. The van der Waals surface area contributed by atoms with Crippen LogP contribution in [0, 0.1) is 0 Å². The highest BCUT2D eigenvalue weighted by Crippen LogP contribution is 2.28. The Morgan fingerprint density at radius 3 is 2.55 bits per heavy atom. The van der Waals surface area contributed by atoms with Gasteiger partial charge in [-0.05, 0) is 31.2 Å². The number of aromatic carboxylic acids is 1. The summed E-state index contributed by atoms with van der Waals surface area (Å²) in [5.74, 6) is -1.77. The summed E-state index contributed by atoms with van der Waals surface area (Å²) in [6.45, 7) is 1.74. The Balaban J connectivity index is 1.80. The SMILES string of the molecule is COC(=O)C(C)n1cc(/C=C2\C(=O)NN=C2c2ccc(C(=O)O)cc2)c2ccccc21. The van der Waals surface area contributed by atoms with E-state index in [1.54, 1.807) is 35.9 Å². The van der Waals surface area contributed by atoms with E-state index in [4.69, 9.17) is 9.84 Å². The minimum absolute atomic E-state index is 0.145. The Labute approximate surface area is 177 Å². The molecule has 3 aromatic rings. The van der Waals surface area contributed by atoms with Gasteiger partial charge in [-0.2, -0.15) is 5.10 Å². The fourth-order valence-corrected chi connectivity index (χ4v) is 3.57. The molecule has 1 aliphatic rings. The number of carbonyl (C=O) groups excluding carboxylic acids is 2. The monoisotopic (exact) mass is 417 g/mol. The Hall–Kier alpha value is -4.20. The van der Waals surface area contributed by atoms with Crippen LogP contribution in [0.1, 0.15) is 34.5 Å². The van der Waals surface area contributed by atoms with Crippen molar-refractivity contribution in [3.05, 3.63) is 77.0 Å². The predicted molar refractivity (Wildman–Crippen MR) is 115 cm³/mol. The van der Waals surface area contributed by atoms with Gasteiger partial charge in [-0.1, -0.05) is 30.3 Å². The summed E-state index contributed by atoms with van der Waals surface area (Å²) >= 11 is 0. The fraction of sp³-hybridized carbons (Fsp3) is 0.130. The summed E-state index contributed by atoms with van der Waals surface area (Å²) in [5, 5.41) is 14.1. The van der Waals surface area contributed by atoms with Crippen LogP contribution in [0.5, 0.6) is 0 Å². The Kier molecular flexibility index (Phi) is 5.12. The van der Waals surface area contributed by atoms with Gasteiger partial charge in [0.05, 0.1) is 18.2 Å². The van der Waals surface area contributed by atoms with E-state index < -0.39 is 12.0 Å². The van der Waals surface area contributed by atoms with Crippen LogP contribution in [-0.4, -0.2) is 40.3 Å². The van der Waals surface area contributed by atoms with Gasteiger partial charge in [0.2, 0.25) is 0 Å². The smallest absolute Gasteiger partial charge is 0.335 e. The second kappa shape index (κ2) is 7.91. The molecule has 1 atom stereocenters. The van der Waals surface area contributed by atoms with E-state index in [9.17, 15) is 14.4 Å². The maximum atomic E-state index is 12.5. The van der Waals surface area contributed by atoms with Gasteiger partial charge in [-0.25, -0.2) is 15.0 Å². The first kappa shape index (κ1) is 20.1. The second-order valence-electron chi connectivity index (χ2n) is 7.05. The van der Waals surface area contributed by atoms with Crippen molar-refractivity contribution >= 4 is 40.5 Å². The van der Waals surface area contributed by atoms with Gasteiger partial charge >= 0.3 is 11.9 Å². The maximum Gasteiger partial charge on any atom is 0.335 e. The zero-order chi connectivity index (χ0) is 22.1. The molecular formula is C23H19N3O5. The van der Waals surface area contributed by atoms with E-state index in [-0.39, 0.29) is 17.4 Å². The lowest BCUT2D eigenvalue weighted by molar-refractivity contribution is -0.143. The van der Waals surface area contributed by atoms with Crippen molar-refractivity contribution in [3.63, 3.8) is 0 Å². The summed E-state index contributed by atoms with van der Waals surface area (Å²) in [6.07, 6.45) is 3.52. The molecular weight excluding hydrogens is 398 g/mol. The van der Waals surface area contributed by atoms with Gasteiger partial charge in [0.15, 0.2) is 0 Å². The second-order valence-corrected chi connectivity index (χ2v) is 7.05. The average molecular weight is 417 g/mol. The summed E-state index contributed by atoms with van der Waals surface area (Å²) in [7, 11) is 1.34. The highest BCUT2D eigenvalue weighted by molar-refractivity contribution is 6.33. The number of methoxy groups -OCH3 is 1. The van der Waals surface area contributed by atoms with Crippen molar-refractivity contribution < 1.29 is 24.2 Å². The molecule has 1 aromatic heterocycles. The van der Waals surface area contributed by atoms with Crippen LogP contribution in [0.3, 0.4) is 0 Å². The number of nitrogens with one attached hydrogen (secondary N) is 1. The Morgan fingerprint density at radius 1 is 1.16 bits per heavy atom. The molecule has 2 aromatic carbocycles. The number of ether oxygens (including phenoxy) is 1. The number of amides is 1. The molecule has 2 N–H and O–H groups in total. The van der Waals surface area contributed by atoms with Crippen LogP contribution >= 0.6 is 0 Å². The first-order chi connectivity index (χ1) is 14.9. The molecule has 0 bridgehead atoms. The normalized spacial score (nSPS) is 15.6. The molecule has 1 aliphatic heterocycles. The molecule has 8 heteroatoms. The van der Waals surface area contributed by atoms with Crippen LogP contribution < -0.4 is 5.43 Å². The first-order valence-electron chi connectivity index (χ1n) is 9.52. The van der Waals surface area contributed by atoms with Crippen molar-refractivity contribution in [2.75, 3.05) is 7.11 Å². The Morgan fingerprint density at radius 2 is 1.87 bits per heavy atom. The van der Waals surface area contributed by atoms with E-state index >= 15 is 0 Å². The average Bonchev–Trinajstić information content (AvgIpc) is 3.34. The number of hydrogen-bond donors (Lipinski definition) is 2. The van der Waals surface area contributed by atoms with Crippen molar-refractivity contribution in [1.29, 1.82) is 0 Å². The van der Waals surface area contributed by atoms with Crippen LogP contribution in [0.4, 0.5) is 0 Å². The highest BCUT2D eigenvalue weighted by Gasteiger charge is 2.25. The zero-order valence-corrected chi connectivity index (χ0v) is 16.8. The molecule has 31 heavy (non-hydrogen) atoms. The number of benzene rings is 2. The molecule has 8 nitrogen and oxygen atoms in total.